The fraction of sp³-hybridized carbons (Fsp3) is 0.810. The highest BCUT2D eigenvalue weighted by atomic mass is 35.5. The number of aliphatic hydroxyl groups is 2. The number of carbonyl (C=O) groups excluding carboxylic acids is 1. The third kappa shape index (κ3) is 8.75. The first kappa shape index (κ1) is 24.1. The van der Waals surface area contributed by atoms with Crippen molar-refractivity contribution in [2.45, 2.75) is 89.3 Å². The summed E-state index contributed by atoms with van der Waals surface area (Å²) in [6.45, 7) is 2.08. The lowest BCUT2D eigenvalue weighted by atomic mass is 9.83. The van der Waals surface area contributed by atoms with Crippen LogP contribution in [0.25, 0.3) is 0 Å². The van der Waals surface area contributed by atoms with Crippen LogP contribution >= 0.6 is 11.6 Å². The van der Waals surface area contributed by atoms with E-state index in [1.165, 1.54) is 0 Å². The van der Waals surface area contributed by atoms with E-state index in [1.54, 1.807) is 6.08 Å². The number of unbranched alkanes of at least 4 members (excludes halogenated alkanes) is 3. The number of hydrogen-bond donors (Lipinski definition) is 3. The second-order valence-electron chi connectivity index (χ2n) is 7.89. The van der Waals surface area contributed by atoms with E-state index in [4.69, 9.17) is 16.7 Å². The van der Waals surface area contributed by atoms with Gasteiger partial charge in [0.25, 0.3) is 0 Å². The highest BCUT2D eigenvalue weighted by molar-refractivity contribution is 6.18. The van der Waals surface area contributed by atoms with Gasteiger partial charge in [-0.15, -0.1) is 11.6 Å². The molecule has 0 aromatic heterocycles. The molecular formula is C21H35ClO5. The van der Waals surface area contributed by atoms with Gasteiger partial charge >= 0.3 is 5.97 Å². The van der Waals surface area contributed by atoms with Crippen molar-refractivity contribution in [3.63, 3.8) is 0 Å². The molecule has 1 saturated carbocycles. The van der Waals surface area contributed by atoms with E-state index in [2.05, 4.69) is 6.92 Å². The predicted octanol–water partition coefficient (Wildman–Crippen LogP) is 4.08. The van der Waals surface area contributed by atoms with Crippen LogP contribution in [0.1, 0.15) is 77.6 Å². The van der Waals surface area contributed by atoms with Crippen molar-refractivity contribution in [3.8, 4) is 0 Å². The van der Waals surface area contributed by atoms with E-state index in [0.717, 1.165) is 51.0 Å². The molecule has 1 unspecified atom stereocenters. The highest BCUT2D eigenvalue weighted by Gasteiger charge is 2.40. The Morgan fingerprint density at radius 2 is 1.93 bits per heavy atom. The van der Waals surface area contributed by atoms with Gasteiger partial charge in [0.1, 0.15) is 5.78 Å². The maximum Gasteiger partial charge on any atom is 0.327 e. The molecule has 1 aliphatic carbocycles. The van der Waals surface area contributed by atoms with Crippen LogP contribution in [-0.4, -0.2) is 44.7 Å². The van der Waals surface area contributed by atoms with Crippen LogP contribution in [0.15, 0.2) is 12.2 Å². The summed E-state index contributed by atoms with van der Waals surface area (Å²) >= 11 is 5.95. The standard InChI is InChI=1S/C21H35ClO5/c1-2-3-12-21(27,15-22)13-8-10-17-16(18(23)14-19(17)24)9-6-4-5-7-11-20(25)26/h7,11,16-17,19,24,27H,2-6,8-10,12-15H2,1H3,(H,25,26)/t16-,17-,19-,21?/m1/s1. The number of halogens is 1. The number of Topliss-reactive ketones (excluding diaryl/α,β-unsaturated/α-hetero) is 1. The SMILES string of the molecule is CCCCC(O)(CCl)CCC[C@H]1[C@H](O)CC(=O)[C@@H]1CCCCC=CC(=O)O. The first-order chi connectivity index (χ1) is 12.8. The quantitative estimate of drug-likeness (QED) is 0.231. The molecule has 0 aromatic carbocycles. The van der Waals surface area contributed by atoms with Crippen LogP contribution in [0.3, 0.4) is 0 Å². The number of hydrogen-bond acceptors (Lipinski definition) is 4. The minimum absolute atomic E-state index is 0.0437. The summed E-state index contributed by atoms with van der Waals surface area (Å²) in [6.07, 6.45) is 10.2. The Bertz CT molecular complexity index is 493. The maximum atomic E-state index is 12.2. The third-order valence-electron chi connectivity index (χ3n) is 5.66. The highest BCUT2D eigenvalue weighted by Crippen LogP contribution is 2.37. The van der Waals surface area contributed by atoms with Crippen LogP contribution in [0.5, 0.6) is 0 Å². The topological polar surface area (TPSA) is 94.8 Å². The summed E-state index contributed by atoms with van der Waals surface area (Å²) in [5.41, 5.74) is -0.850. The molecule has 1 fully saturated rings. The van der Waals surface area contributed by atoms with Gasteiger partial charge < -0.3 is 15.3 Å². The van der Waals surface area contributed by atoms with E-state index in [-0.39, 0.29) is 29.9 Å². The van der Waals surface area contributed by atoms with Gasteiger partial charge in [-0.2, -0.15) is 0 Å². The first-order valence-corrected chi connectivity index (χ1v) is 10.7. The molecule has 4 atom stereocenters. The fourth-order valence-electron chi connectivity index (χ4n) is 4.03. The Labute approximate surface area is 167 Å². The molecule has 0 amide bonds. The molecule has 1 aliphatic rings. The van der Waals surface area contributed by atoms with Gasteiger partial charge in [0.05, 0.1) is 17.6 Å². The molecule has 0 saturated heterocycles. The second-order valence-corrected chi connectivity index (χ2v) is 8.15. The minimum Gasteiger partial charge on any atom is -0.478 e. The number of carboxylic acid groups (broad SMARTS) is 1. The Hall–Kier alpha value is -0.910. The summed E-state index contributed by atoms with van der Waals surface area (Å²) < 4.78 is 0. The third-order valence-corrected chi connectivity index (χ3v) is 6.15. The zero-order valence-electron chi connectivity index (χ0n) is 16.4. The molecular weight excluding hydrogens is 368 g/mol. The Kier molecular flexibility index (Phi) is 11.2. The number of ketones is 1. The molecule has 6 heteroatoms. The Morgan fingerprint density at radius 3 is 2.56 bits per heavy atom. The lowest BCUT2D eigenvalue weighted by molar-refractivity contribution is -0.131. The van der Waals surface area contributed by atoms with E-state index < -0.39 is 17.7 Å². The zero-order chi connectivity index (χ0) is 20.3. The van der Waals surface area contributed by atoms with Crippen molar-refractivity contribution in [3.05, 3.63) is 12.2 Å². The molecule has 156 valence electrons. The number of allylic oxidation sites excluding steroid dienone is 1. The van der Waals surface area contributed by atoms with Crippen molar-refractivity contribution in [2.75, 3.05) is 5.88 Å². The Morgan fingerprint density at radius 1 is 1.22 bits per heavy atom. The Balaban J connectivity index is 2.44. The summed E-state index contributed by atoms with van der Waals surface area (Å²) in [5, 5.41) is 29.4. The van der Waals surface area contributed by atoms with E-state index >= 15 is 0 Å². The fourth-order valence-corrected chi connectivity index (χ4v) is 4.29. The first-order valence-electron chi connectivity index (χ1n) is 10.2. The van der Waals surface area contributed by atoms with Gasteiger partial charge in [0, 0.05) is 18.4 Å². The van der Waals surface area contributed by atoms with Crippen LogP contribution in [0, 0.1) is 11.8 Å². The van der Waals surface area contributed by atoms with Gasteiger partial charge in [0.15, 0.2) is 0 Å². The van der Waals surface area contributed by atoms with Crippen LogP contribution in [0.2, 0.25) is 0 Å². The largest absolute Gasteiger partial charge is 0.478 e. The number of carboxylic acids is 1. The summed E-state index contributed by atoms with van der Waals surface area (Å²) in [4.78, 5) is 22.7. The van der Waals surface area contributed by atoms with Gasteiger partial charge in [-0.05, 0) is 44.4 Å². The van der Waals surface area contributed by atoms with Crippen molar-refractivity contribution in [1.82, 2.24) is 0 Å². The normalized spacial score (nSPS) is 25.2. The van der Waals surface area contributed by atoms with Gasteiger partial charge in [-0.25, -0.2) is 4.79 Å². The number of alkyl halides is 1. The van der Waals surface area contributed by atoms with E-state index in [1.807, 2.05) is 0 Å². The molecule has 0 spiro atoms. The molecule has 0 radical (unpaired) electrons. The molecule has 0 heterocycles. The van der Waals surface area contributed by atoms with Crippen molar-refractivity contribution in [2.24, 2.45) is 11.8 Å². The minimum atomic E-state index is -0.944. The summed E-state index contributed by atoms with van der Waals surface area (Å²) in [7, 11) is 0. The average Bonchev–Trinajstić information content (AvgIpc) is 2.89. The van der Waals surface area contributed by atoms with Crippen molar-refractivity contribution < 1.29 is 24.9 Å². The summed E-state index contributed by atoms with van der Waals surface area (Å²) in [5.74, 6) is -0.764. The number of rotatable bonds is 14. The molecule has 0 bridgehead atoms. The maximum absolute atomic E-state index is 12.2. The van der Waals surface area contributed by atoms with Gasteiger partial charge in [-0.1, -0.05) is 38.7 Å². The monoisotopic (exact) mass is 402 g/mol. The molecule has 0 aromatic rings. The summed E-state index contributed by atoms with van der Waals surface area (Å²) in [6, 6.07) is 0. The zero-order valence-corrected chi connectivity index (χ0v) is 17.2. The lowest BCUT2D eigenvalue weighted by Gasteiger charge is -2.27. The number of carbonyl (C=O) groups is 2. The van der Waals surface area contributed by atoms with Crippen LogP contribution < -0.4 is 0 Å². The van der Waals surface area contributed by atoms with Gasteiger partial charge in [0.2, 0.25) is 0 Å². The van der Waals surface area contributed by atoms with Gasteiger partial charge in [-0.3, -0.25) is 4.79 Å². The van der Waals surface area contributed by atoms with Crippen molar-refractivity contribution >= 4 is 23.4 Å². The van der Waals surface area contributed by atoms with Crippen LogP contribution in [-0.2, 0) is 9.59 Å². The molecule has 1 rings (SSSR count). The van der Waals surface area contributed by atoms with E-state index in [9.17, 15) is 19.8 Å². The second kappa shape index (κ2) is 12.5. The number of aliphatic hydroxyl groups excluding tert-OH is 1. The molecule has 3 N–H and O–H groups in total. The van der Waals surface area contributed by atoms with Crippen molar-refractivity contribution in [1.29, 1.82) is 0 Å². The molecule has 27 heavy (non-hydrogen) atoms. The van der Waals surface area contributed by atoms with Crippen LogP contribution in [0.4, 0.5) is 0 Å². The average molecular weight is 403 g/mol. The predicted molar refractivity (Wildman–Crippen MR) is 107 cm³/mol. The number of aliphatic carboxylic acids is 1. The van der Waals surface area contributed by atoms with E-state index in [0.29, 0.717) is 19.3 Å². The molecule has 0 aliphatic heterocycles. The smallest absolute Gasteiger partial charge is 0.327 e. The molecule has 5 nitrogen and oxygen atoms in total. The lowest BCUT2D eigenvalue weighted by Crippen LogP contribution is -2.31.